The molecule has 0 atom stereocenters. The number of carbonyl (C=O) groups is 1. The molecule has 3 aromatic carbocycles. The van der Waals surface area contributed by atoms with Crippen LogP contribution < -0.4 is 4.74 Å². The molecule has 4 nitrogen and oxygen atoms in total. The standard InChI is InChI=1S/C27H23Cl2NO3/c1-27(2,3)19-11-9-18(10-12-19)25-30-24(26(31)33-25)15-17-7-13-20(14-8-17)32-16-21-22(28)5-4-6-23(21)29/h4-15H,16H2,1-3H3/b24-15+. The summed E-state index contributed by atoms with van der Waals surface area (Å²) in [5.41, 5.74) is 3.80. The van der Waals surface area contributed by atoms with Crippen LogP contribution in [-0.4, -0.2) is 11.9 Å². The Bertz CT molecular complexity index is 1220. The maximum absolute atomic E-state index is 12.3. The monoisotopic (exact) mass is 479 g/mol. The largest absolute Gasteiger partial charge is 0.489 e. The predicted molar refractivity (Wildman–Crippen MR) is 133 cm³/mol. The predicted octanol–water partition coefficient (Wildman–Crippen LogP) is 7.21. The van der Waals surface area contributed by atoms with Crippen LogP contribution in [0.25, 0.3) is 6.08 Å². The van der Waals surface area contributed by atoms with E-state index in [1.807, 2.05) is 48.5 Å². The van der Waals surface area contributed by atoms with Gasteiger partial charge in [0.05, 0.1) is 0 Å². The second-order valence-electron chi connectivity index (χ2n) is 8.72. The summed E-state index contributed by atoms with van der Waals surface area (Å²) in [6.45, 7) is 6.71. The third-order valence-corrected chi connectivity index (χ3v) is 5.95. The molecule has 0 unspecified atom stereocenters. The highest BCUT2D eigenvalue weighted by molar-refractivity contribution is 6.35. The average molecular weight is 480 g/mol. The van der Waals surface area contributed by atoms with Crippen molar-refractivity contribution in [1.82, 2.24) is 0 Å². The van der Waals surface area contributed by atoms with E-state index in [2.05, 4.69) is 25.8 Å². The number of cyclic esters (lactones) is 1. The van der Waals surface area contributed by atoms with Crippen LogP contribution in [-0.2, 0) is 21.6 Å². The van der Waals surface area contributed by atoms with Crippen LogP contribution in [0.5, 0.6) is 5.75 Å². The van der Waals surface area contributed by atoms with Crippen molar-refractivity contribution in [3.63, 3.8) is 0 Å². The Kier molecular flexibility index (Phi) is 6.59. The van der Waals surface area contributed by atoms with E-state index in [-0.39, 0.29) is 17.7 Å². The van der Waals surface area contributed by atoms with Crippen LogP contribution in [0, 0.1) is 0 Å². The number of esters is 1. The molecule has 0 aromatic heterocycles. The topological polar surface area (TPSA) is 47.9 Å². The van der Waals surface area contributed by atoms with Gasteiger partial charge >= 0.3 is 5.97 Å². The first-order valence-electron chi connectivity index (χ1n) is 10.5. The maximum atomic E-state index is 12.3. The molecule has 0 saturated carbocycles. The summed E-state index contributed by atoms with van der Waals surface area (Å²) in [6.07, 6.45) is 1.69. The lowest BCUT2D eigenvalue weighted by Crippen LogP contribution is -2.11. The molecule has 33 heavy (non-hydrogen) atoms. The third kappa shape index (κ3) is 5.47. The lowest BCUT2D eigenvalue weighted by Gasteiger charge is -2.18. The molecule has 168 valence electrons. The second kappa shape index (κ2) is 9.42. The molecule has 6 heteroatoms. The Balaban J connectivity index is 1.46. The fraction of sp³-hybridized carbons (Fsp3) is 0.185. The average Bonchev–Trinajstić information content (AvgIpc) is 3.14. The van der Waals surface area contributed by atoms with Crippen LogP contribution in [0.15, 0.2) is 77.4 Å². The summed E-state index contributed by atoms with van der Waals surface area (Å²) in [5.74, 6) is 0.493. The van der Waals surface area contributed by atoms with Crippen LogP contribution in [0.3, 0.4) is 0 Å². The number of nitrogens with zero attached hydrogens (tertiary/aromatic N) is 1. The molecular formula is C27H23Cl2NO3. The van der Waals surface area contributed by atoms with Crippen molar-refractivity contribution in [2.75, 3.05) is 0 Å². The van der Waals surface area contributed by atoms with Gasteiger partial charge in [0.1, 0.15) is 12.4 Å². The van der Waals surface area contributed by atoms with E-state index in [1.54, 1.807) is 24.3 Å². The minimum absolute atomic E-state index is 0.0489. The summed E-state index contributed by atoms with van der Waals surface area (Å²) in [5, 5.41) is 1.12. The number of ether oxygens (including phenoxy) is 2. The normalized spacial score (nSPS) is 14.9. The highest BCUT2D eigenvalue weighted by Gasteiger charge is 2.24. The van der Waals surface area contributed by atoms with Gasteiger partial charge in [0, 0.05) is 21.2 Å². The fourth-order valence-electron chi connectivity index (χ4n) is 3.29. The van der Waals surface area contributed by atoms with Crippen molar-refractivity contribution < 1.29 is 14.3 Å². The molecular weight excluding hydrogens is 457 g/mol. The van der Waals surface area contributed by atoms with Gasteiger partial charge in [0.25, 0.3) is 0 Å². The summed E-state index contributed by atoms with van der Waals surface area (Å²) in [4.78, 5) is 16.7. The van der Waals surface area contributed by atoms with E-state index in [9.17, 15) is 4.79 Å². The van der Waals surface area contributed by atoms with E-state index in [0.717, 1.165) is 16.7 Å². The minimum atomic E-state index is -0.474. The van der Waals surface area contributed by atoms with Gasteiger partial charge in [-0.3, -0.25) is 0 Å². The fourth-order valence-corrected chi connectivity index (χ4v) is 3.80. The first kappa shape index (κ1) is 23.1. The highest BCUT2D eigenvalue weighted by Crippen LogP contribution is 2.27. The number of rotatable bonds is 5. The van der Waals surface area contributed by atoms with Gasteiger partial charge in [-0.1, -0.05) is 74.3 Å². The number of hydrogen-bond acceptors (Lipinski definition) is 4. The Morgan fingerprint density at radius 1 is 0.939 bits per heavy atom. The first-order valence-corrected chi connectivity index (χ1v) is 11.3. The lowest BCUT2D eigenvalue weighted by molar-refractivity contribution is -0.129. The first-order chi connectivity index (χ1) is 15.7. The van der Waals surface area contributed by atoms with Gasteiger partial charge < -0.3 is 9.47 Å². The molecule has 0 spiro atoms. The Morgan fingerprint density at radius 2 is 1.58 bits per heavy atom. The molecule has 0 amide bonds. The minimum Gasteiger partial charge on any atom is -0.489 e. The van der Waals surface area contributed by atoms with Gasteiger partial charge in [0.15, 0.2) is 5.70 Å². The molecule has 0 saturated heterocycles. The lowest BCUT2D eigenvalue weighted by atomic mass is 9.87. The zero-order chi connectivity index (χ0) is 23.6. The zero-order valence-corrected chi connectivity index (χ0v) is 20.1. The molecule has 0 bridgehead atoms. The Labute approximate surface area is 203 Å². The zero-order valence-electron chi connectivity index (χ0n) is 18.6. The van der Waals surface area contributed by atoms with Crippen molar-refractivity contribution in [3.05, 3.63) is 105 Å². The van der Waals surface area contributed by atoms with E-state index >= 15 is 0 Å². The summed E-state index contributed by atoms with van der Waals surface area (Å²) in [7, 11) is 0. The van der Waals surface area contributed by atoms with E-state index in [4.69, 9.17) is 32.7 Å². The Hall–Kier alpha value is -3.08. The van der Waals surface area contributed by atoms with Gasteiger partial charge in [-0.2, -0.15) is 0 Å². The molecule has 0 fully saturated rings. The molecule has 3 aromatic rings. The molecule has 1 aliphatic heterocycles. The smallest absolute Gasteiger partial charge is 0.363 e. The van der Waals surface area contributed by atoms with E-state index in [1.165, 1.54) is 5.56 Å². The van der Waals surface area contributed by atoms with Crippen molar-refractivity contribution in [1.29, 1.82) is 0 Å². The van der Waals surface area contributed by atoms with Gasteiger partial charge in [-0.15, -0.1) is 0 Å². The van der Waals surface area contributed by atoms with Crippen LogP contribution in [0.1, 0.15) is 43.0 Å². The van der Waals surface area contributed by atoms with Gasteiger partial charge in [-0.25, -0.2) is 9.79 Å². The number of halogens is 2. The number of benzene rings is 3. The maximum Gasteiger partial charge on any atom is 0.363 e. The number of aliphatic imine (C=N–C) groups is 1. The molecule has 0 radical (unpaired) electrons. The van der Waals surface area contributed by atoms with E-state index < -0.39 is 5.97 Å². The molecule has 0 aliphatic carbocycles. The van der Waals surface area contributed by atoms with Crippen molar-refractivity contribution >= 4 is 41.1 Å². The SMILES string of the molecule is CC(C)(C)c1ccc(C2=N/C(=C/c3ccc(OCc4c(Cl)cccc4Cl)cc3)C(=O)O2)cc1. The molecule has 0 N–H and O–H groups in total. The van der Waals surface area contributed by atoms with Gasteiger partial charge in [-0.05, 0) is 59.0 Å². The second-order valence-corrected chi connectivity index (χ2v) is 9.54. The quantitative estimate of drug-likeness (QED) is 0.286. The van der Waals surface area contributed by atoms with Crippen LogP contribution in [0.4, 0.5) is 0 Å². The Morgan fingerprint density at radius 3 is 2.18 bits per heavy atom. The van der Waals surface area contributed by atoms with Crippen molar-refractivity contribution in [3.8, 4) is 5.75 Å². The molecule has 1 aliphatic rings. The number of carbonyl (C=O) groups excluding carboxylic acids is 1. The summed E-state index contributed by atoms with van der Waals surface area (Å²) in [6, 6.07) is 20.6. The van der Waals surface area contributed by atoms with Crippen LogP contribution >= 0.6 is 23.2 Å². The summed E-state index contributed by atoms with van der Waals surface area (Å²) < 4.78 is 11.2. The molecule has 1 heterocycles. The highest BCUT2D eigenvalue weighted by atomic mass is 35.5. The number of hydrogen-bond donors (Lipinski definition) is 0. The van der Waals surface area contributed by atoms with E-state index in [0.29, 0.717) is 21.7 Å². The van der Waals surface area contributed by atoms with Gasteiger partial charge in [0.2, 0.25) is 5.90 Å². The van der Waals surface area contributed by atoms with Crippen LogP contribution in [0.2, 0.25) is 10.0 Å². The summed E-state index contributed by atoms with van der Waals surface area (Å²) >= 11 is 12.4. The van der Waals surface area contributed by atoms with Crippen molar-refractivity contribution in [2.24, 2.45) is 4.99 Å². The third-order valence-electron chi connectivity index (χ3n) is 5.25. The van der Waals surface area contributed by atoms with Crippen molar-refractivity contribution in [2.45, 2.75) is 32.8 Å². The molecule has 4 rings (SSSR count).